The van der Waals surface area contributed by atoms with Gasteiger partial charge in [-0.05, 0) is 25.7 Å². The first-order valence-corrected chi connectivity index (χ1v) is 6.24. The molecule has 0 saturated carbocycles. The van der Waals surface area contributed by atoms with E-state index in [1.54, 1.807) is 17.0 Å². The summed E-state index contributed by atoms with van der Waals surface area (Å²) in [6, 6.07) is 0.161. The molecule has 1 aromatic heterocycles. The maximum Gasteiger partial charge on any atom is 0.293 e. The van der Waals surface area contributed by atoms with Gasteiger partial charge in [-0.2, -0.15) is 0 Å². The largest absolute Gasteiger partial charge is 0.365 e. The van der Waals surface area contributed by atoms with E-state index in [9.17, 15) is 4.79 Å². The van der Waals surface area contributed by atoms with Crippen LogP contribution in [0.1, 0.15) is 40.7 Å². The average Bonchev–Trinajstić information content (AvgIpc) is 2.26. The van der Waals surface area contributed by atoms with Gasteiger partial charge in [-0.25, -0.2) is 4.98 Å². The van der Waals surface area contributed by atoms with Crippen molar-refractivity contribution >= 4 is 5.82 Å². The predicted octanol–water partition coefficient (Wildman–Crippen LogP) is 2.53. The van der Waals surface area contributed by atoms with Crippen LogP contribution in [-0.4, -0.2) is 16.1 Å². The molecule has 1 atom stereocenters. The van der Waals surface area contributed by atoms with Gasteiger partial charge in [0.05, 0.1) is 0 Å². The second-order valence-electron chi connectivity index (χ2n) is 5.18. The van der Waals surface area contributed by atoms with E-state index in [4.69, 9.17) is 0 Å². The molecule has 0 spiro atoms. The molecule has 4 heteroatoms. The van der Waals surface area contributed by atoms with E-state index in [-0.39, 0.29) is 11.6 Å². The van der Waals surface area contributed by atoms with E-state index in [1.807, 2.05) is 13.8 Å². The zero-order valence-corrected chi connectivity index (χ0v) is 11.4. The topological polar surface area (TPSA) is 46.9 Å². The van der Waals surface area contributed by atoms with E-state index in [0.29, 0.717) is 17.7 Å². The lowest BCUT2D eigenvalue weighted by molar-refractivity contribution is 0.439. The van der Waals surface area contributed by atoms with Gasteiger partial charge < -0.3 is 9.88 Å². The molecule has 1 N–H and O–H groups in total. The number of nitrogens with one attached hydrogen (secondary N) is 1. The van der Waals surface area contributed by atoms with Crippen LogP contribution in [-0.2, 0) is 0 Å². The fourth-order valence-corrected chi connectivity index (χ4v) is 1.45. The summed E-state index contributed by atoms with van der Waals surface area (Å²) in [6.45, 7) is 11.3. The van der Waals surface area contributed by atoms with Gasteiger partial charge in [0.25, 0.3) is 5.56 Å². The van der Waals surface area contributed by atoms with E-state index < -0.39 is 0 Å². The fourth-order valence-electron chi connectivity index (χ4n) is 1.45. The van der Waals surface area contributed by atoms with Gasteiger partial charge >= 0.3 is 0 Å². The standard InChI is InChI=1S/C13H23N3O/c1-9(2)11(5)8-15-12-13(17)16(10(3)4)7-6-14-12/h6-7,9-11H,8H2,1-5H3,(H,14,15). The molecule has 0 radical (unpaired) electrons. The van der Waals surface area contributed by atoms with Gasteiger partial charge in [0.15, 0.2) is 5.82 Å². The lowest BCUT2D eigenvalue weighted by Crippen LogP contribution is -2.27. The molecule has 96 valence electrons. The Morgan fingerprint density at radius 1 is 1.29 bits per heavy atom. The molecule has 1 rings (SSSR count). The number of anilines is 1. The van der Waals surface area contributed by atoms with Crippen LogP contribution >= 0.6 is 0 Å². The highest BCUT2D eigenvalue weighted by atomic mass is 16.1. The highest BCUT2D eigenvalue weighted by Crippen LogP contribution is 2.09. The Labute approximate surface area is 103 Å². The third-order valence-corrected chi connectivity index (χ3v) is 3.15. The van der Waals surface area contributed by atoms with Gasteiger partial charge in [0, 0.05) is 25.0 Å². The Balaban J connectivity index is 2.79. The van der Waals surface area contributed by atoms with Crippen LogP contribution in [0.3, 0.4) is 0 Å². The van der Waals surface area contributed by atoms with Crippen molar-refractivity contribution in [2.24, 2.45) is 11.8 Å². The van der Waals surface area contributed by atoms with E-state index in [1.165, 1.54) is 0 Å². The Bertz CT molecular complexity index is 409. The van der Waals surface area contributed by atoms with Crippen molar-refractivity contribution in [3.05, 3.63) is 22.7 Å². The molecule has 1 aromatic rings. The smallest absolute Gasteiger partial charge is 0.293 e. The van der Waals surface area contributed by atoms with Gasteiger partial charge in [-0.3, -0.25) is 4.79 Å². The molecule has 1 heterocycles. The Hall–Kier alpha value is -1.32. The van der Waals surface area contributed by atoms with Crippen molar-refractivity contribution < 1.29 is 0 Å². The highest BCUT2D eigenvalue weighted by Gasteiger charge is 2.10. The van der Waals surface area contributed by atoms with Crippen molar-refractivity contribution in [3.8, 4) is 0 Å². The van der Waals surface area contributed by atoms with Crippen LogP contribution in [0, 0.1) is 11.8 Å². The second-order valence-corrected chi connectivity index (χ2v) is 5.18. The second kappa shape index (κ2) is 5.84. The van der Waals surface area contributed by atoms with Gasteiger partial charge in [0.2, 0.25) is 0 Å². The number of hydrogen-bond donors (Lipinski definition) is 1. The lowest BCUT2D eigenvalue weighted by Gasteiger charge is -2.17. The van der Waals surface area contributed by atoms with Crippen LogP contribution in [0.5, 0.6) is 0 Å². The first-order chi connectivity index (χ1) is 7.93. The highest BCUT2D eigenvalue weighted by molar-refractivity contribution is 5.30. The molecule has 0 amide bonds. The molecular weight excluding hydrogens is 214 g/mol. The third-order valence-electron chi connectivity index (χ3n) is 3.15. The number of hydrogen-bond acceptors (Lipinski definition) is 3. The first kappa shape index (κ1) is 13.7. The molecule has 1 unspecified atom stereocenters. The van der Waals surface area contributed by atoms with E-state index in [0.717, 1.165) is 6.54 Å². The Morgan fingerprint density at radius 2 is 1.94 bits per heavy atom. The summed E-state index contributed by atoms with van der Waals surface area (Å²) in [5.41, 5.74) is -0.0431. The molecule has 17 heavy (non-hydrogen) atoms. The minimum atomic E-state index is -0.0431. The number of rotatable bonds is 5. The van der Waals surface area contributed by atoms with Crippen molar-refractivity contribution in [2.75, 3.05) is 11.9 Å². The quantitative estimate of drug-likeness (QED) is 0.856. The molecule has 0 aliphatic rings. The van der Waals surface area contributed by atoms with Crippen LogP contribution in [0.2, 0.25) is 0 Å². The molecule has 0 aromatic carbocycles. The van der Waals surface area contributed by atoms with Crippen LogP contribution < -0.4 is 10.9 Å². The first-order valence-electron chi connectivity index (χ1n) is 6.24. The fraction of sp³-hybridized carbons (Fsp3) is 0.692. The van der Waals surface area contributed by atoms with Crippen molar-refractivity contribution in [3.63, 3.8) is 0 Å². The number of aromatic nitrogens is 2. The van der Waals surface area contributed by atoms with Crippen molar-refractivity contribution in [1.29, 1.82) is 0 Å². The van der Waals surface area contributed by atoms with Gasteiger partial charge in [-0.15, -0.1) is 0 Å². The molecule has 0 fully saturated rings. The maximum absolute atomic E-state index is 12.0. The maximum atomic E-state index is 12.0. The normalized spacial score (nSPS) is 13.1. The summed E-state index contributed by atoms with van der Waals surface area (Å²) >= 11 is 0. The summed E-state index contributed by atoms with van der Waals surface area (Å²) < 4.78 is 1.69. The summed E-state index contributed by atoms with van der Waals surface area (Å²) in [7, 11) is 0. The Morgan fingerprint density at radius 3 is 2.47 bits per heavy atom. The SMILES string of the molecule is CC(C)C(C)CNc1nccn(C(C)C)c1=O. The zero-order chi connectivity index (χ0) is 13.0. The van der Waals surface area contributed by atoms with E-state index in [2.05, 4.69) is 31.1 Å². The van der Waals surface area contributed by atoms with Crippen molar-refractivity contribution in [2.45, 2.75) is 40.7 Å². The zero-order valence-electron chi connectivity index (χ0n) is 11.4. The predicted molar refractivity (Wildman–Crippen MR) is 71.4 cm³/mol. The number of nitrogens with zero attached hydrogens (tertiary/aromatic N) is 2. The monoisotopic (exact) mass is 237 g/mol. The molecule has 0 aliphatic carbocycles. The average molecular weight is 237 g/mol. The van der Waals surface area contributed by atoms with Gasteiger partial charge in [0.1, 0.15) is 0 Å². The summed E-state index contributed by atoms with van der Waals surface area (Å²) in [5, 5.41) is 3.14. The van der Waals surface area contributed by atoms with E-state index >= 15 is 0 Å². The minimum Gasteiger partial charge on any atom is -0.365 e. The van der Waals surface area contributed by atoms with Gasteiger partial charge in [-0.1, -0.05) is 20.8 Å². The van der Waals surface area contributed by atoms with Crippen LogP contribution in [0.15, 0.2) is 17.2 Å². The molecule has 0 aliphatic heterocycles. The summed E-state index contributed by atoms with van der Waals surface area (Å²) in [6.07, 6.45) is 3.40. The van der Waals surface area contributed by atoms with Crippen LogP contribution in [0.4, 0.5) is 5.82 Å². The molecule has 0 saturated heterocycles. The summed E-state index contributed by atoms with van der Waals surface area (Å²) in [5.74, 6) is 1.57. The lowest BCUT2D eigenvalue weighted by atomic mass is 9.98. The summed E-state index contributed by atoms with van der Waals surface area (Å²) in [4.78, 5) is 16.1. The third kappa shape index (κ3) is 3.58. The molecular formula is C13H23N3O. The Kier molecular flexibility index (Phi) is 4.73. The minimum absolute atomic E-state index is 0.0431. The molecule has 0 bridgehead atoms. The molecule has 4 nitrogen and oxygen atoms in total. The van der Waals surface area contributed by atoms with Crippen LogP contribution in [0.25, 0.3) is 0 Å². The van der Waals surface area contributed by atoms with Crippen molar-refractivity contribution in [1.82, 2.24) is 9.55 Å².